The summed E-state index contributed by atoms with van der Waals surface area (Å²) in [4.78, 5) is 14.5. The Balaban J connectivity index is 2.28. The van der Waals surface area contributed by atoms with Crippen molar-refractivity contribution in [2.24, 2.45) is 0 Å². The molecule has 0 saturated heterocycles. The lowest BCUT2D eigenvalue weighted by Gasteiger charge is -2.07. The smallest absolute Gasteiger partial charge is 0.212 e. The van der Waals surface area contributed by atoms with Gasteiger partial charge in [-0.05, 0) is 42.8 Å². The van der Waals surface area contributed by atoms with E-state index in [0.29, 0.717) is 16.1 Å². The van der Waals surface area contributed by atoms with E-state index in [2.05, 4.69) is 4.98 Å². The summed E-state index contributed by atoms with van der Waals surface area (Å²) >= 11 is 5.86. The van der Waals surface area contributed by atoms with Gasteiger partial charge in [0.2, 0.25) is 15.3 Å². The summed E-state index contributed by atoms with van der Waals surface area (Å²) in [6.45, 7) is 1.52. The topological polar surface area (TPSA) is 67.0 Å². The molecule has 1 N–H and O–H groups in total. The summed E-state index contributed by atoms with van der Waals surface area (Å²) in [6.07, 6.45) is 1.12. The van der Waals surface area contributed by atoms with Crippen molar-refractivity contribution in [2.75, 3.05) is 0 Å². The Morgan fingerprint density at radius 3 is 2.57 bits per heavy atom. The molecule has 2 aromatic carbocycles. The first-order valence-corrected chi connectivity index (χ1v) is 8.49. The summed E-state index contributed by atoms with van der Waals surface area (Å²) < 4.78 is 38.9. The Labute approximate surface area is 136 Å². The largest absolute Gasteiger partial charge is 0.360 e. The van der Waals surface area contributed by atoms with E-state index < -0.39 is 26.0 Å². The zero-order valence-corrected chi connectivity index (χ0v) is 13.5. The Morgan fingerprint density at radius 1 is 1.13 bits per heavy atom. The molecular formula is C16H11ClFNO3S. The van der Waals surface area contributed by atoms with Gasteiger partial charge in [0, 0.05) is 22.1 Å². The molecule has 23 heavy (non-hydrogen) atoms. The van der Waals surface area contributed by atoms with Crippen molar-refractivity contribution in [2.45, 2.75) is 16.7 Å². The van der Waals surface area contributed by atoms with E-state index in [1.807, 2.05) is 0 Å². The van der Waals surface area contributed by atoms with Gasteiger partial charge in [-0.25, -0.2) is 12.8 Å². The van der Waals surface area contributed by atoms with Gasteiger partial charge in [0.1, 0.15) is 10.7 Å². The van der Waals surface area contributed by atoms with Crippen LogP contribution in [0.2, 0.25) is 5.02 Å². The molecule has 0 fully saturated rings. The van der Waals surface area contributed by atoms with Crippen molar-refractivity contribution < 1.29 is 12.8 Å². The molecule has 0 bridgehead atoms. The second-order valence-corrected chi connectivity index (χ2v) is 7.44. The molecule has 0 aliphatic rings. The van der Waals surface area contributed by atoms with Crippen LogP contribution in [0.15, 0.2) is 57.2 Å². The van der Waals surface area contributed by atoms with Gasteiger partial charge >= 0.3 is 0 Å². The molecular weight excluding hydrogens is 341 g/mol. The number of aromatic amines is 1. The normalized spacial score (nSPS) is 11.8. The van der Waals surface area contributed by atoms with Crippen LogP contribution in [0.1, 0.15) is 5.56 Å². The van der Waals surface area contributed by atoms with Gasteiger partial charge in [-0.1, -0.05) is 17.7 Å². The molecule has 4 nitrogen and oxygen atoms in total. The molecule has 0 spiro atoms. The van der Waals surface area contributed by atoms with Gasteiger partial charge in [0.05, 0.1) is 4.90 Å². The highest BCUT2D eigenvalue weighted by molar-refractivity contribution is 7.91. The molecule has 0 aliphatic carbocycles. The molecule has 3 rings (SSSR count). The number of rotatable bonds is 2. The van der Waals surface area contributed by atoms with Gasteiger partial charge in [-0.15, -0.1) is 0 Å². The lowest BCUT2D eigenvalue weighted by Crippen LogP contribution is -2.16. The van der Waals surface area contributed by atoms with Gasteiger partial charge in [0.15, 0.2) is 0 Å². The number of hydrogen-bond acceptors (Lipinski definition) is 3. The van der Waals surface area contributed by atoms with Crippen LogP contribution in [-0.2, 0) is 9.84 Å². The van der Waals surface area contributed by atoms with Crippen molar-refractivity contribution in [1.82, 2.24) is 4.98 Å². The quantitative estimate of drug-likeness (QED) is 0.768. The van der Waals surface area contributed by atoms with Gasteiger partial charge in [-0.2, -0.15) is 0 Å². The second kappa shape index (κ2) is 5.47. The zero-order chi connectivity index (χ0) is 16.8. The van der Waals surface area contributed by atoms with Crippen molar-refractivity contribution in [1.29, 1.82) is 0 Å². The molecule has 7 heteroatoms. The highest BCUT2D eigenvalue weighted by Crippen LogP contribution is 2.22. The first kappa shape index (κ1) is 15.7. The molecule has 0 radical (unpaired) electrons. The van der Waals surface area contributed by atoms with Crippen LogP contribution in [0.5, 0.6) is 0 Å². The monoisotopic (exact) mass is 351 g/mol. The minimum absolute atomic E-state index is 0.158. The first-order chi connectivity index (χ1) is 10.8. The molecule has 0 unspecified atom stereocenters. The van der Waals surface area contributed by atoms with Crippen molar-refractivity contribution in [3.05, 3.63) is 69.2 Å². The van der Waals surface area contributed by atoms with E-state index in [4.69, 9.17) is 11.6 Å². The number of nitrogens with one attached hydrogen (secondary N) is 1. The summed E-state index contributed by atoms with van der Waals surface area (Å²) in [7, 11) is -4.14. The molecule has 0 aliphatic heterocycles. The minimum atomic E-state index is -4.14. The maximum atomic E-state index is 13.7. The van der Waals surface area contributed by atoms with Crippen LogP contribution in [0.3, 0.4) is 0 Å². The number of halogens is 2. The number of sulfone groups is 1. The average molecular weight is 352 g/mol. The third-order valence-electron chi connectivity index (χ3n) is 3.55. The predicted octanol–water partition coefficient (Wildman–Crippen LogP) is 3.46. The summed E-state index contributed by atoms with van der Waals surface area (Å²) in [5, 5.41) is 0.477. The number of pyridine rings is 1. The fourth-order valence-corrected chi connectivity index (χ4v) is 3.74. The van der Waals surface area contributed by atoms with Crippen LogP contribution in [0.4, 0.5) is 4.39 Å². The number of H-pyrrole nitrogens is 1. The fraction of sp³-hybridized carbons (Fsp3) is 0.0625. The molecule has 0 atom stereocenters. The van der Waals surface area contributed by atoms with Gasteiger partial charge in [0.25, 0.3) is 0 Å². The number of hydrogen-bond donors (Lipinski definition) is 1. The van der Waals surface area contributed by atoms with Crippen LogP contribution >= 0.6 is 11.6 Å². The van der Waals surface area contributed by atoms with Crippen LogP contribution in [0.25, 0.3) is 10.9 Å². The third-order valence-corrected chi connectivity index (χ3v) is 5.54. The first-order valence-electron chi connectivity index (χ1n) is 6.63. The number of fused-ring (bicyclic) bond motifs is 1. The SMILES string of the molecule is Cc1ccc(S(=O)(=O)c2c[nH]c3ccc(Cl)cc3c2=O)cc1F. The highest BCUT2D eigenvalue weighted by atomic mass is 35.5. The van der Waals surface area contributed by atoms with E-state index >= 15 is 0 Å². The Kier molecular flexibility index (Phi) is 3.74. The lowest BCUT2D eigenvalue weighted by molar-refractivity contribution is 0.588. The van der Waals surface area contributed by atoms with E-state index in [9.17, 15) is 17.6 Å². The molecule has 0 saturated carbocycles. The summed E-state index contributed by atoms with van der Waals surface area (Å²) in [5.41, 5.74) is 0.110. The van der Waals surface area contributed by atoms with Crippen molar-refractivity contribution >= 4 is 32.3 Å². The molecule has 3 aromatic rings. The van der Waals surface area contributed by atoms with Crippen molar-refractivity contribution in [3.63, 3.8) is 0 Å². The Hall–Kier alpha value is -2.18. The average Bonchev–Trinajstić information content (AvgIpc) is 2.50. The summed E-state index contributed by atoms with van der Waals surface area (Å²) in [5.74, 6) is -0.647. The lowest BCUT2D eigenvalue weighted by atomic mass is 10.2. The van der Waals surface area contributed by atoms with E-state index in [1.54, 1.807) is 12.1 Å². The van der Waals surface area contributed by atoms with Crippen LogP contribution in [-0.4, -0.2) is 13.4 Å². The van der Waals surface area contributed by atoms with Crippen molar-refractivity contribution in [3.8, 4) is 0 Å². The highest BCUT2D eigenvalue weighted by Gasteiger charge is 2.23. The molecule has 1 heterocycles. The second-order valence-electron chi connectivity index (χ2n) is 5.09. The van der Waals surface area contributed by atoms with E-state index in [0.717, 1.165) is 12.3 Å². The molecule has 118 valence electrons. The maximum absolute atomic E-state index is 13.7. The number of aryl methyl sites for hydroxylation is 1. The zero-order valence-electron chi connectivity index (χ0n) is 11.9. The van der Waals surface area contributed by atoms with Gasteiger partial charge < -0.3 is 4.98 Å². The van der Waals surface area contributed by atoms with E-state index in [-0.39, 0.29) is 10.3 Å². The molecule has 0 amide bonds. The minimum Gasteiger partial charge on any atom is -0.360 e. The third kappa shape index (κ3) is 2.64. The summed E-state index contributed by atoms with van der Waals surface area (Å²) in [6, 6.07) is 8.10. The Bertz CT molecular complexity index is 1090. The van der Waals surface area contributed by atoms with E-state index in [1.165, 1.54) is 25.1 Å². The van der Waals surface area contributed by atoms with Crippen LogP contribution < -0.4 is 5.43 Å². The standard InChI is InChI=1S/C16H11ClFNO3S/c1-9-2-4-11(7-13(9)18)23(21,22)15-8-19-14-5-3-10(17)6-12(14)16(15)20/h2-8H,1H3,(H,19,20). The van der Waals surface area contributed by atoms with Crippen LogP contribution in [0, 0.1) is 12.7 Å². The fourth-order valence-electron chi connectivity index (χ4n) is 2.24. The number of benzene rings is 2. The van der Waals surface area contributed by atoms with Gasteiger partial charge in [-0.3, -0.25) is 4.79 Å². The maximum Gasteiger partial charge on any atom is 0.212 e. The number of aromatic nitrogens is 1. The molecule has 1 aromatic heterocycles. The Morgan fingerprint density at radius 2 is 1.87 bits per heavy atom. The predicted molar refractivity (Wildman–Crippen MR) is 86.2 cm³/mol.